The van der Waals surface area contributed by atoms with Crippen LogP contribution in [0.3, 0.4) is 0 Å². The van der Waals surface area contributed by atoms with Crippen LogP contribution in [-0.4, -0.2) is 22.9 Å². The highest BCUT2D eigenvalue weighted by Crippen LogP contribution is 2.19. The largest absolute Gasteiger partial charge is 0.481 e. The molecule has 128 valence electrons. The summed E-state index contributed by atoms with van der Waals surface area (Å²) in [6.45, 7) is 1.58. The number of amides is 2. The first kappa shape index (κ1) is 16.9. The first-order chi connectivity index (χ1) is 12.0. The Morgan fingerprint density at radius 2 is 1.92 bits per heavy atom. The maximum atomic E-state index is 12.2. The van der Waals surface area contributed by atoms with Crippen LogP contribution >= 0.6 is 11.6 Å². The summed E-state index contributed by atoms with van der Waals surface area (Å²) in [5.41, 5.74) is 6.04. The molecule has 2 amide bonds. The maximum absolute atomic E-state index is 12.2. The molecule has 0 fully saturated rings. The number of halogens is 1. The van der Waals surface area contributed by atoms with Crippen LogP contribution in [0.4, 0.5) is 0 Å². The molecule has 0 spiro atoms. The second-order valence-electron chi connectivity index (χ2n) is 5.41. The fourth-order valence-electron chi connectivity index (χ4n) is 2.34. The van der Waals surface area contributed by atoms with Gasteiger partial charge in [0.1, 0.15) is 5.75 Å². The number of benzene rings is 2. The molecule has 0 bridgehead atoms. The van der Waals surface area contributed by atoms with Gasteiger partial charge in [-0.05, 0) is 31.2 Å². The zero-order chi connectivity index (χ0) is 17.8. The van der Waals surface area contributed by atoms with Gasteiger partial charge in [0.2, 0.25) is 0 Å². The summed E-state index contributed by atoms with van der Waals surface area (Å²) in [7, 11) is 0. The number of aromatic amines is 1. The van der Waals surface area contributed by atoms with E-state index in [9.17, 15) is 9.59 Å². The Bertz CT molecular complexity index is 923. The first-order valence-electron chi connectivity index (χ1n) is 7.63. The van der Waals surface area contributed by atoms with Gasteiger partial charge in [0.25, 0.3) is 11.8 Å². The Morgan fingerprint density at radius 3 is 2.72 bits per heavy atom. The van der Waals surface area contributed by atoms with Crippen molar-refractivity contribution in [1.82, 2.24) is 15.8 Å². The van der Waals surface area contributed by atoms with Gasteiger partial charge in [-0.1, -0.05) is 35.9 Å². The average molecular weight is 358 g/mol. The molecule has 1 unspecified atom stereocenters. The number of hydrazine groups is 1. The smallest absolute Gasteiger partial charge is 0.279 e. The van der Waals surface area contributed by atoms with E-state index in [2.05, 4.69) is 15.8 Å². The van der Waals surface area contributed by atoms with E-state index in [1.54, 1.807) is 37.4 Å². The van der Waals surface area contributed by atoms with E-state index >= 15 is 0 Å². The monoisotopic (exact) mass is 357 g/mol. The van der Waals surface area contributed by atoms with Crippen molar-refractivity contribution in [3.63, 3.8) is 0 Å². The van der Waals surface area contributed by atoms with Crippen molar-refractivity contribution in [3.8, 4) is 5.75 Å². The zero-order valence-electron chi connectivity index (χ0n) is 13.4. The summed E-state index contributed by atoms with van der Waals surface area (Å²) in [4.78, 5) is 27.3. The van der Waals surface area contributed by atoms with Crippen molar-refractivity contribution in [2.24, 2.45) is 0 Å². The standard InChI is InChI=1S/C18H16ClN3O3/c1-11(25-13-6-4-5-12(19)9-13)17(23)21-22-18(24)15-10-20-16-8-3-2-7-14(15)16/h2-11,20H,1H3,(H,21,23)(H,22,24). The minimum Gasteiger partial charge on any atom is -0.481 e. The number of fused-ring (bicyclic) bond motifs is 1. The lowest BCUT2D eigenvalue weighted by Gasteiger charge is -2.15. The van der Waals surface area contributed by atoms with Crippen LogP contribution < -0.4 is 15.6 Å². The van der Waals surface area contributed by atoms with Gasteiger partial charge in [0.05, 0.1) is 5.56 Å². The Labute approximate surface area is 149 Å². The Morgan fingerprint density at radius 1 is 1.12 bits per heavy atom. The van der Waals surface area contributed by atoms with Gasteiger partial charge in [0.15, 0.2) is 6.10 Å². The Hall–Kier alpha value is -2.99. The molecule has 3 rings (SSSR count). The highest BCUT2D eigenvalue weighted by molar-refractivity contribution is 6.30. The summed E-state index contributed by atoms with van der Waals surface area (Å²) in [5.74, 6) is -0.424. The molecule has 1 heterocycles. The molecule has 0 saturated heterocycles. The van der Waals surface area contributed by atoms with E-state index in [0.29, 0.717) is 16.3 Å². The molecule has 25 heavy (non-hydrogen) atoms. The third kappa shape index (κ3) is 3.92. The minimum atomic E-state index is -0.804. The van der Waals surface area contributed by atoms with Gasteiger partial charge in [-0.3, -0.25) is 20.4 Å². The molecule has 0 aliphatic heterocycles. The van der Waals surface area contributed by atoms with E-state index in [4.69, 9.17) is 16.3 Å². The van der Waals surface area contributed by atoms with E-state index in [0.717, 1.165) is 10.9 Å². The lowest BCUT2D eigenvalue weighted by molar-refractivity contribution is -0.128. The fourth-order valence-corrected chi connectivity index (χ4v) is 2.52. The normalized spacial score (nSPS) is 11.8. The van der Waals surface area contributed by atoms with Crippen LogP contribution in [0.25, 0.3) is 10.9 Å². The number of hydrogen-bond acceptors (Lipinski definition) is 3. The molecular weight excluding hydrogens is 342 g/mol. The maximum Gasteiger partial charge on any atom is 0.279 e. The third-order valence-corrected chi connectivity index (χ3v) is 3.85. The number of nitrogens with one attached hydrogen (secondary N) is 3. The second kappa shape index (κ2) is 7.27. The number of aromatic nitrogens is 1. The molecule has 0 aliphatic rings. The molecule has 0 saturated carbocycles. The zero-order valence-corrected chi connectivity index (χ0v) is 14.1. The first-order valence-corrected chi connectivity index (χ1v) is 8.01. The number of hydrogen-bond donors (Lipinski definition) is 3. The topological polar surface area (TPSA) is 83.2 Å². The van der Waals surface area contributed by atoms with Gasteiger partial charge >= 0.3 is 0 Å². The summed E-state index contributed by atoms with van der Waals surface area (Å²) in [5, 5.41) is 1.29. The predicted molar refractivity (Wildman–Crippen MR) is 95.4 cm³/mol. The van der Waals surface area contributed by atoms with Crippen molar-refractivity contribution in [2.45, 2.75) is 13.0 Å². The quantitative estimate of drug-likeness (QED) is 0.627. The summed E-state index contributed by atoms with van der Waals surface area (Å²) < 4.78 is 5.50. The van der Waals surface area contributed by atoms with E-state index < -0.39 is 17.9 Å². The lowest BCUT2D eigenvalue weighted by atomic mass is 10.2. The number of rotatable bonds is 4. The molecule has 1 atom stereocenters. The Balaban J connectivity index is 1.59. The van der Waals surface area contributed by atoms with Crippen LogP contribution in [0.2, 0.25) is 5.02 Å². The molecule has 3 N–H and O–H groups in total. The number of H-pyrrole nitrogens is 1. The molecule has 6 nitrogen and oxygen atoms in total. The molecule has 0 radical (unpaired) electrons. The minimum absolute atomic E-state index is 0.416. The molecule has 2 aromatic carbocycles. The van der Waals surface area contributed by atoms with Crippen LogP contribution in [0.1, 0.15) is 17.3 Å². The number of para-hydroxylation sites is 1. The highest BCUT2D eigenvalue weighted by Gasteiger charge is 2.17. The van der Waals surface area contributed by atoms with Gasteiger partial charge in [0, 0.05) is 22.1 Å². The van der Waals surface area contributed by atoms with Crippen molar-refractivity contribution < 1.29 is 14.3 Å². The van der Waals surface area contributed by atoms with Crippen LogP contribution in [0.5, 0.6) is 5.75 Å². The molecule has 0 aliphatic carbocycles. The average Bonchev–Trinajstić information content (AvgIpc) is 3.03. The predicted octanol–water partition coefficient (Wildman–Crippen LogP) is 3.05. The van der Waals surface area contributed by atoms with E-state index in [1.165, 1.54) is 0 Å². The summed E-state index contributed by atoms with van der Waals surface area (Å²) >= 11 is 5.87. The lowest BCUT2D eigenvalue weighted by Crippen LogP contribution is -2.47. The van der Waals surface area contributed by atoms with Crippen LogP contribution in [0.15, 0.2) is 54.7 Å². The van der Waals surface area contributed by atoms with Gasteiger partial charge in [-0.25, -0.2) is 0 Å². The highest BCUT2D eigenvalue weighted by atomic mass is 35.5. The number of ether oxygens (including phenoxy) is 1. The van der Waals surface area contributed by atoms with Crippen LogP contribution in [0, 0.1) is 0 Å². The Kier molecular flexibility index (Phi) is 4.90. The van der Waals surface area contributed by atoms with Crippen molar-refractivity contribution in [2.75, 3.05) is 0 Å². The number of carbonyl (C=O) groups excluding carboxylic acids is 2. The third-order valence-electron chi connectivity index (χ3n) is 3.61. The van der Waals surface area contributed by atoms with E-state index in [-0.39, 0.29) is 0 Å². The van der Waals surface area contributed by atoms with Crippen molar-refractivity contribution in [3.05, 3.63) is 65.3 Å². The van der Waals surface area contributed by atoms with Crippen molar-refractivity contribution >= 4 is 34.3 Å². The number of carbonyl (C=O) groups is 2. The molecule has 3 aromatic rings. The molecule has 7 heteroatoms. The van der Waals surface area contributed by atoms with Crippen LogP contribution in [-0.2, 0) is 4.79 Å². The second-order valence-corrected chi connectivity index (χ2v) is 5.85. The molecule has 1 aromatic heterocycles. The summed E-state index contributed by atoms with van der Waals surface area (Å²) in [6.07, 6.45) is 0.791. The molecular formula is C18H16ClN3O3. The fraction of sp³-hybridized carbons (Fsp3) is 0.111. The van der Waals surface area contributed by atoms with Crippen molar-refractivity contribution in [1.29, 1.82) is 0 Å². The summed E-state index contributed by atoms with van der Waals surface area (Å²) in [6, 6.07) is 14.1. The van der Waals surface area contributed by atoms with Gasteiger partial charge in [-0.2, -0.15) is 0 Å². The van der Waals surface area contributed by atoms with E-state index in [1.807, 2.05) is 24.3 Å². The van der Waals surface area contributed by atoms with Gasteiger partial charge < -0.3 is 9.72 Å². The SMILES string of the molecule is CC(Oc1cccc(Cl)c1)C(=O)NNC(=O)c1c[nH]c2ccccc12. The van der Waals surface area contributed by atoms with Gasteiger partial charge in [-0.15, -0.1) is 0 Å².